The zero-order chi connectivity index (χ0) is 24.8. The molecule has 2 aliphatic rings. The number of benzene rings is 3. The first-order chi connectivity index (χ1) is 17.5. The zero-order valence-electron chi connectivity index (χ0n) is 19.3. The number of aromatic nitrogens is 2. The Balaban J connectivity index is 1.21. The lowest BCUT2D eigenvalue weighted by Crippen LogP contribution is -2.25. The van der Waals surface area contributed by atoms with E-state index in [0.717, 1.165) is 22.4 Å². The highest BCUT2D eigenvalue weighted by Crippen LogP contribution is 2.44. The number of nitrogens with one attached hydrogen (secondary N) is 1. The molecule has 3 aromatic carbocycles. The van der Waals surface area contributed by atoms with Crippen molar-refractivity contribution in [2.45, 2.75) is 25.2 Å². The molecule has 9 heteroatoms. The van der Waals surface area contributed by atoms with Gasteiger partial charge in [0.1, 0.15) is 16.5 Å². The average Bonchev–Trinajstić information content (AvgIpc) is 3.50. The van der Waals surface area contributed by atoms with Crippen molar-refractivity contribution >= 4 is 45.6 Å². The van der Waals surface area contributed by atoms with Crippen LogP contribution in [0.4, 0.5) is 10.8 Å². The summed E-state index contributed by atoms with van der Waals surface area (Å²) in [7, 11) is 0. The molecule has 1 N–H and O–H groups in total. The molecule has 1 aromatic heterocycles. The van der Waals surface area contributed by atoms with Gasteiger partial charge < -0.3 is 9.64 Å². The molecule has 0 aliphatic carbocycles. The molecular formula is C27H21ClN4O3S. The lowest BCUT2D eigenvalue weighted by atomic mass is 9.87. The number of fused-ring (bicyclic) bond motifs is 2. The van der Waals surface area contributed by atoms with Gasteiger partial charge >= 0.3 is 0 Å². The van der Waals surface area contributed by atoms with Gasteiger partial charge in [-0.3, -0.25) is 14.9 Å². The number of carbonyl (C=O) groups is 2. The number of carbonyl (C=O) groups excluding carboxylic acids is 2. The van der Waals surface area contributed by atoms with Crippen LogP contribution in [0.1, 0.15) is 40.0 Å². The molecule has 2 amide bonds. The first-order valence-corrected chi connectivity index (χ1v) is 12.7. The highest BCUT2D eigenvalue weighted by Gasteiger charge is 2.35. The van der Waals surface area contributed by atoms with Crippen LogP contribution in [0.2, 0.25) is 5.02 Å². The van der Waals surface area contributed by atoms with Crippen LogP contribution in [-0.2, 0) is 9.59 Å². The van der Waals surface area contributed by atoms with Crippen molar-refractivity contribution in [2.75, 3.05) is 16.8 Å². The number of rotatable bonds is 4. The SMILES string of the molecule is Cc1ccc(N2CC(c3nnc(NC(=O)C4c5ccccc5Oc5ccccc54)s3)CC2=O)cc1Cl. The molecule has 36 heavy (non-hydrogen) atoms. The molecule has 6 rings (SSSR count). The molecule has 2 aliphatic heterocycles. The summed E-state index contributed by atoms with van der Waals surface area (Å²) in [6, 6.07) is 20.7. The smallest absolute Gasteiger partial charge is 0.238 e. The standard InChI is InChI=1S/C27H21ClN4O3S/c1-15-10-11-17(13-20(15)28)32-14-16(12-23(32)33)26-30-31-27(36-26)29-25(34)24-18-6-2-4-8-21(18)35-22-9-5-3-7-19(22)24/h2-11,13,16,24H,12,14H2,1H3,(H,29,31,34). The van der Waals surface area contributed by atoms with Gasteiger partial charge in [-0.25, -0.2) is 0 Å². The summed E-state index contributed by atoms with van der Waals surface area (Å²) in [6.07, 6.45) is 0.328. The van der Waals surface area contributed by atoms with Crippen molar-refractivity contribution in [1.29, 1.82) is 0 Å². The number of amides is 2. The monoisotopic (exact) mass is 516 g/mol. The predicted molar refractivity (Wildman–Crippen MR) is 139 cm³/mol. The summed E-state index contributed by atoms with van der Waals surface area (Å²) in [5, 5.41) is 13.2. The van der Waals surface area contributed by atoms with Gasteiger partial charge in [0.15, 0.2) is 0 Å². The van der Waals surface area contributed by atoms with Crippen LogP contribution in [0.3, 0.4) is 0 Å². The van der Waals surface area contributed by atoms with Crippen LogP contribution in [0.25, 0.3) is 0 Å². The van der Waals surface area contributed by atoms with Crippen LogP contribution in [0.15, 0.2) is 66.7 Å². The second-order valence-electron chi connectivity index (χ2n) is 8.88. The third-order valence-corrected chi connectivity index (χ3v) is 7.96. The molecule has 1 fully saturated rings. The minimum atomic E-state index is -0.534. The molecule has 0 bridgehead atoms. The minimum absolute atomic E-state index is 0.0103. The van der Waals surface area contributed by atoms with Gasteiger partial charge in [-0.05, 0) is 36.8 Å². The normalized spacial score (nSPS) is 16.9. The Morgan fingerprint density at radius 1 is 1.06 bits per heavy atom. The van der Waals surface area contributed by atoms with E-state index in [0.29, 0.717) is 39.6 Å². The van der Waals surface area contributed by atoms with E-state index < -0.39 is 5.92 Å². The second kappa shape index (κ2) is 9.04. The molecule has 4 aromatic rings. The molecule has 1 atom stereocenters. The van der Waals surface area contributed by atoms with Crippen molar-refractivity contribution in [3.8, 4) is 11.5 Å². The predicted octanol–water partition coefficient (Wildman–Crippen LogP) is 5.90. The first kappa shape index (κ1) is 22.7. The van der Waals surface area contributed by atoms with E-state index in [4.69, 9.17) is 16.3 Å². The number of halogens is 1. The van der Waals surface area contributed by atoms with E-state index in [2.05, 4.69) is 15.5 Å². The molecule has 7 nitrogen and oxygen atoms in total. The van der Waals surface area contributed by atoms with Crippen LogP contribution in [0, 0.1) is 6.92 Å². The van der Waals surface area contributed by atoms with Gasteiger partial charge in [0.2, 0.25) is 16.9 Å². The topological polar surface area (TPSA) is 84.4 Å². The highest BCUT2D eigenvalue weighted by molar-refractivity contribution is 7.15. The quantitative estimate of drug-likeness (QED) is 0.365. The number of hydrogen-bond donors (Lipinski definition) is 1. The van der Waals surface area contributed by atoms with Gasteiger partial charge in [0, 0.05) is 40.7 Å². The summed E-state index contributed by atoms with van der Waals surface area (Å²) in [5.41, 5.74) is 3.33. The first-order valence-electron chi connectivity index (χ1n) is 11.5. The van der Waals surface area contributed by atoms with E-state index in [1.807, 2.05) is 73.7 Å². The van der Waals surface area contributed by atoms with Crippen molar-refractivity contribution in [3.05, 3.63) is 93.5 Å². The number of hydrogen-bond acceptors (Lipinski definition) is 6. The Hall–Kier alpha value is -3.75. The van der Waals surface area contributed by atoms with Gasteiger partial charge in [0.25, 0.3) is 0 Å². The molecule has 180 valence electrons. The number of anilines is 2. The third-order valence-electron chi connectivity index (χ3n) is 6.55. The van der Waals surface area contributed by atoms with Crippen molar-refractivity contribution in [3.63, 3.8) is 0 Å². The summed E-state index contributed by atoms with van der Waals surface area (Å²) in [6.45, 7) is 2.41. The van der Waals surface area contributed by atoms with E-state index in [-0.39, 0.29) is 17.7 Å². The lowest BCUT2D eigenvalue weighted by Gasteiger charge is -2.27. The Morgan fingerprint density at radius 2 is 1.75 bits per heavy atom. The molecule has 1 saturated heterocycles. The fraction of sp³-hybridized carbons (Fsp3) is 0.185. The van der Waals surface area contributed by atoms with Gasteiger partial charge in [-0.1, -0.05) is 65.4 Å². The largest absolute Gasteiger partial charge is 0.457 e. The molecule has 3 heterocycles. The molecule has 0 radical (unpaired) electrons. The Bertz CT molecular complexity index is 1460. The molecular weight excluding hydrogens is 496 g/mol. The maximum absolute atomic E-state index is 13.5. The Morgan fingerprint density at radius 3 is 2.44 bits per heavy atom. The van der Waals surface area contributed by atoms with E-state index >= 15 is 0 Å². The zero-order valence-corrected chi connectivity index (χ0v) is 20.8. The summed E-state index contributed by atoms with van der Waals surface area (Å²) in [4.78, 5) is 27.9. The van der Waals surface area contributed by atoms with E-state index in [1.165, 1.54) is 11.3 Å². The van der Waals surface area contributed by atoms with Crippen LogP contribution >= 0.6 is 22.9 Å². The van der Waals surface area contributed by atoms with Crippen molar-refractivity contribution in [2.24, 2.45) is 0 Å². The van der Waals surface area contributed by atoms with E-state index in [9.17, 15) is 9.59 Å². The fourth-order valence-corrected chi connectivity index (χ4v) is 5.70. The minimum Gasteiger partial charge on any atom is -0.457 e. The maximum Gasteiger partial charge on any atom is 0.238 e. The van der Waals surface area contributed by atoms with Crippen molar-refractivity contribution in [1.82, 2.24) is 10.2 Å². The van der Waals surface area contributed by atoms with Crippen LogP contribution < -0.4 is 15.0 Å². The van der Waals surface area contributed by atoms with E-state index in [1.54, 1.807) is 4.90 Å². The van der Waals surface area contributed by atoms with Crippen molar-refractivity contribution < 1.29 is 14.3 Å². The number of aryl methyl sites for hydroxylation is 1. The summed E-state index contributed by atoms with van der Waals surface area (Å²) >= 11 is 7.57. The number of para-hydroxylation sites is 2. The second-order valence-corrected chi connectivity index (χ2v) is 10.3. The Labute approximate surface area is 216 Å². The molecule has 0 spiro atoms. The number of nitrogens with zero attached hydrogens (tertiary/aromatic N) is 3. The van der Waals surface area contributed by atoms with Crippen LogP contribution in [0.5, 0.6) is 11.5 Å². The summed E-state index contributed by atoms with van der Waals surface area (Å²) < 4.78 is 6.00. The Kier molecular flexibility index (Phi) is 5.70. The fourth-order valence-electron chi connectivity index (χ4n) is 4.69. The highest BCUT2D eigenvalue weighted by atomic mass is 35.5. The number of ether oxygens (including phenoxy) is 1. The average molecular weight is 517 g/mol. The van der Waals surface area contributed by atoms with Gasteiger partial charge in [-0.15, -0.1) is 10.2 Å². The molecule has 1 unspecified atom stereocenters. The maximum atomic E-state index is 13.5. The summed E-state index contributed by atoms with van der Waals surface area (Å²) in [5.74, 6) is 0.485. The van der Waals surface area contributed by atoms with Gasteiger partial charge in [0.05, 0.1) is 5.92 Å². The lowest BCUT2D eigenvalue weighted by molar-refractivity contribution is -0.117. The third kappa shape index (κ3) is 4.02. The van der Waals surface area contributed by atoms with Gasteiger partial charge in [-0.2, -0.15) is 0 Å². The molecule has 0 saturated carbocycles. The van der Waals surface area contributed by atoms with Crippen LogP contribution in [-0.4, -0.2) is 28.6 Å².